The lowest BCUT2D eigenvalue weighted by Gasteiger charge is -2.41. The molecule has 39 nitrogen and oxygen atoms in total. The Morgan fingerprint density at radius 1 is 0.552 bits per heavy atom. The highest BCUT2D eigenvalue weighted by Crippen LogP contribution is 2.30. The third-order valence-electron chi connectivity index (χ3n) is 21.1. The summed E-state index contributed by atoms with van der Waals surface area (Å²) in [4.78, 5) is 145. The molecule has 1 aliphatic rings. The van der Waals surface area contributed by atoms with Gasteiger partial charge in [-0.05, 0) is 99.7 Å². The number of likely N-dealkylation sites (N-methyl/N-ethyl adjacent to an activating group) is 1. The summed E-state index contributed by atoms with van der Waals surface area (Å²) in [6, 6.07) is 11.1. The van der Waals surface area contributed by atoms with Crippen molar-refractivity contribution < 1.29 is 150 Å². The number of carbonyl (C=O) groups is 11. The number of aromatic amines is 1. The first-order valence-corrected chi connectivity index (χ1v) is 46.4. The standard InChI is InChI=1S/C53H90N6O14.C14H27NO6S.C12H22O7.C7H16O4.C5H5NS.2CH4/c1-13-35(7)48(58(9)52(66)47(34(5)6)57-51(65)46(54)33(3)4)41(68-10)30-43(62)59-27-19-23-40(59)49(70-12)36(8)50(64)56-39(29-37-21-16-15-17-22-37)53(67)71-28-20-26-55-42(61)24-18-25-44(63)72-32-45(69-11)73-38(14-2)31-60;1-3-11(9-16)21-14(19-2)10-20-13(18)6-4-5-12(17)15-7-8-22;1-3-9(7-13)19-12(17-2)8-18-11(16)6-4-5-10(14)15;1-3-6(4-8)11-7(5-9)10-2;7-5-3-1-2-4-6-5;;/h15-17,21-22,33-36,38-41,45-49,60H,13-14,18-20,23-32,54H2,1-12H3,(H,55,61)(H,56,64)(H,57,65);11,14,16,22H,3-10H2,1-2H3,(H,15,17);9,12-13H,3-8H2,1-2H3,(H,14,15);6-9H,3-5H2,1-2H3;1-4H,(H,6,7);2*1H4/t35-,36+,38?,39-,40-,41+,45?,46-,47+,48-,49+;;;;;;/m0....../s1. The number of benzene rings is 1. The van der Waals surface area contributed by atoms with E-state index in [1.54, 1.807) is 23.8 Å². The molecule has 2 aromatic rings. The van der Waals surface area contributed by atoms with Crippen LogP contribution in [0.15, 0.2) is 54.7 Å². The van der Waals surface area contributed by atoms with Gasteiger partial charge in [-0.1, -0.05) is 146 Å². The van der Waals surface area contributed by atoms with Crippen molar-refractivity contribution in [3.63, 3.8) is 0 Å². The molecule has 13 N–H and O–H groups in total. The number of esters is 4. The van der Waals surface area contributed by atoms with Crippen LogP contribution in [0.1, 0.15) is 212 Å². The number of nitrogens with one attached hydrogen (secondary N) is 5. The predicted octanol–water partition coefficient (Wildman–Crippen LogP) is 7.09. The van der Waals surface area contributed by atoms with Gasteiger partial charge in [-0.15, -0.1) is 0 Å². The van der Waals surface area contributed by atoms with Gasteiger partial charge in [-0.25, -0.2) is 4.79 Å². The average Bonchev–Trinajstić information content (AvgIpc) is 1.59. The summed E-state index contributed by atoms with van der Waals surface area (Å²) < 4.78 is 74.9. The zero-order valence-corrected chi connectivity index (χ0v) is 82.7. The largest absolute Gasteiger partial charge is 0.481 e. The highest BCUT2D eigenvalue weighted by atomic mass is 32.1. The van der Waals surface area contributed by atoms with Crippen molar-refractivity contribution >= 4 is 90.1 Å². The summed E-state index contributed by atoms with van der Waals surface area (Å²) in [5.74, 6) is -5.53. The summed E-state index contributed by atoms with van der Waals surface area (Å²) in [6.07, 6.45) is 2.26. The quantitative estimate of drug-likeness (QED) is 0.00785. The van der Waals surface area contributed by atoms with Gasteiger partial charge in [0.15, 0.2) is 25.2 Å². The van der Waals surface area contributed by atoms with Crippen LogP contribution in [0.2, 0.25) is 0 Å². The molecule has 1 aromatic carbocycles. The number of amides is 6. The lowest BCUT2D eigenvalue weighted by Crippen LogP contribution is -2.59. The van der Waals surface area contributed by atoms with Gasteiger partial charge >= 0.3 is 29.8 Å². The minimum absolute atomic E-state index is 0. The van der Waals surface area contributed by atoms with Crippen LogP contribution in [-0.2, 0) is 125 Å². The molecule has 1 saturated heterocycles. The van der Waals surface area contributed by atoms with Crippen molar-refractivity contribution in [2.45, 2.75) is 305 Å². The molecular formula is C93H168N8O31S2. The van der Waals surface area contributed by atoms with Crippen LogP contribution in [0.25, 0.3) is 0 Å². The number of aromatic nitrogens is 1. The van der Waals surface area contributed by atoms with E-state index < -0.39 is 121 Å². The molecule has 0 bridgehead atoms. The van der Waals surface area contributed by atoms with Gasteiger partial charge < -0.3 is 139 Å². The maximum absolute atomic E-state index is 14.4. The smallest absolute Gasteiger partial charge is 0.328 e. The topological polar surface area (TPSA) is 535 Å². The molecule has 41 heteroatoms. The number of aliphatic hydroxyl groups is 5. The molecule has 1 aliphatic heterocycles. The molecule has 1 aromatic heterocycles. The molecule has 134 heavy (non-hydrogen) atoms. The maximum Gasteiger partial charge on any atom is 0.328 e. The zero-order valence-electron chi connectivity index (χ0n) is 81.0. The second kappa shape index (κ2) is 81.5. The SMILES string of the molecule is C.C.CCC(CO)OC(CO)OC.CCC(CO)OC(COC(=O)CCCC(=O)NCCCOC(=O)[C@H](Cc1ccccc1)NC(=O)[C@H](C)[C@@H](OC)[C@@H]1CCCN1C(=O)C[C@@H](OC)[C@H]([C@@H](C)CC)N(C)C(=O)[C@H](NC(=O)[C@@H](N)C(C)C)C(C)C)OC.CCC(CO)OC(COC(=O)CCCC(=O)NCCS)OC.CCC(CO)OC(COC(=O)CCCC(=O)O)OC.S=c1cccc[nH]1. The number of thiol groups is 1. The van der Waals surface area contributed by atoms with Gasteiger partial charge in [-0.3, -0.25) is 47.9 Å². The summed E-state index contributed by atoms with van der Waals surface area (Å²) in [5.41, 5.74) is 6.92. The van der Waals surface area contributed by atoms with Crippen molar-refractivity contribution in [1.29, 1.82) is 0 Å². The first-order chi connectivity index (χ1) is 62.9. The average molecular weight is 1960 g/mol. The number of aliphatic carboxylic acids is 1. The minimum atomic E-state index is -1.06. The molecule has 8 unspecified atom stereocenters. The molecule has 0 aliphatic carbocycles. The monoisotopic (exact) mass is 1960 g/mol. The number of hydrogen-bond donors (Lipinski definition) is 13. The van der Waals surface area contributed by atoms with Crippen molar-refractivity contribution in [1.82, 2.24) is 36.1 Å². The molecular weight excluding hydrogens is 1790 g/mol. The number of likely N-dealkylation sites (tertiary alicyclic amines) is 1. The molecule has 6 amide bonds. The van der Waals surface area contributed by atoms with Crippen molar-refractivity contribution in [3.05, 3.63) is 64.9 Å². The van der Waals surface area contributed by atoms with Gasteiger partial charge in [0.05, 0.1) is 107 Å². The van der Waals surface area contributed by atoms with Crippen LogP contribution in [-0.4, -0.2) is 337 Å². The number of nitrogens with zero attached hydrogens (tertiary/aromatic N) is 2. The van der Waals surface area contributed by atoms with E-state index in [1.807, 2.05) is 124 Å². The minimum Gasteiger partial charge on any atom is -0.481 e. The number of carboxylic acid groups (broad SMARTS) is 1. The third-order valence-corrected chi connectivity index (χ3v) is 21.6. The van der Waals surface area contributed by atoms with Gasteiger partial charge in [-0.2, -0.15) is 12.6 Å². The van der Waals surface area contributed by atoms with Gasteiger partial charge in [0.1, 0.15) is 36.5 Å². The fraction of sp³-hybridized carbons (Fsp3) is 0.763. The number of methoxy groups -OCH3 is 6. The maximum atomic E-state index is 14.4. The van der Waals surface area contributed by atoms with Crippen LogP contribution in [0.5, 0.6) is 0 Å². The second-order valence-electron chi connectivity index (χ2n) is 31.8. The van der Waals surface area contributed by atoms with Crippen LogP contribution in [0, 0.1) is 28.3 Å². The first-order valence-electron chi connectivity index (χ1n) is 45.4. The highest BCUT2D eigenvalue weighted by molar-refractivity contribution is 7.80. The van der Waals surface area contributed by atoms with E-state index in [4.69, 9.17) is 110 Å². The highest BCUT2D eigenvalue weighted by Gasteiger charge is 2.44. The number of aliphatic hydroxyl groups excluding tert-OH is 5. The van der Waals surface area contributed by atoms with Crippen LogP contribution < -0.4 is 27.0 Å². The Labute approximate surface area is 805 Å². The van der Waals surface area contributed by atoms with E-state index in [1.165, 1.54) is 42.7 Å². The molecule has 778 valence electrons. The Morgan fingerprint density at radius 3 is 1.38 bits per heavy atom. The number of pyridine rings is 1. The van der Waals surface area contributed by atoms with Crippen LogP contribution >= 0.6 is 24.8 Å². The van der Waals surface area contributed by atoms with Crippen molar-refractivity contribution in [2.75, 3.05) is 135 Å². The summed E-state index contributed by atoms with van der Waals surface area (Å²) >= 11 is 8.74. The number of H-pyrrole nitrogens is 1. The van der Waals surface area contributed by atoms with Crippen LogP contribution in [0.3, 0.4) is 0 Å². The third kappa shape index (κ3) is 58.9. The zero-order chi connectivity index (χ0) is 100. The Kier molecular flexibility index (Phi) is 80.7. The fourth-order valence-corrected chi connectivity index (χ4v) is 13.0. The second-order valence-corrected chi connectivity index (χ2v) is 32.6. The fourth-order valence-electron chi connectivity index (χ4n) is 12.7. The number of ether oxygens (including phenoxy) is 14. The Balaban J connectivity index is -0.00000110. The van der Waals surface area contributed by atoms with E-state index >= 15 is 0 Å². The molecule has 17 atom stereocenters. The van der Waals surface area contributed by atoms with E-state index in [0.717, 1.165) is 10.2 Å². The summed E-state index contributed by atoms with van der Waals surface area (Å²) in [6.45, 7) is 20.7. The summed E-state index contributed by atoms with van der Waals surface area (Å²) in [5, 5.41) is 64.3. The lowest BCUT2D eigenvalue weighted by molar-refractivity contribution is -0.194. The molecule has 0 spiro atoms. The van der Waals surface area contributed by atoms with Gasteiger partial charge in [0.2, 0.25) is 35.4 Å². The molecule has 2 heterocycles. The number of carbonyl (C=O) groups excluding carboxylic acids is 10. The number of rotatable bonds is 65. The Morgan fingerprint density at radius 2 is 1.01 bits per heavy atom. The predicted molar refractivity (Wildman–Crippen MR) is 510 cm³/mol. The Hall–Kier alpha value is -7.53. The molecule has 0 radical (unpaired) electrons. The number of carboxylic acids is 1. The molecule has 0 saturated carbocycles. The van der Waals surface area contributed by atoms with Crippen molar-refractivity contribution in [3.8, 4) is 0 Å². The normalized spacial score (nSPS) is 15.7. The number of hydrogen-bond acceptors (Lipinski definition) is 33. The Bertz CT molecular complexity index is 3450. The van der Waals surface area contributed by atoms with Gasteiger partial charge in [0.25, 0.3) is 0 Å². The van der Waals surface area contributed by atoms with Gasteiger partial charge in [0, 0.05) is 126 Å². The van der Waals surface area contributed by atoms with Crippen LogP contribution in [0.4, 0.5) is 0 Å². The van der Waals surface area contributed by atoms with Crippen molar-refractivity contribution in [2.24, 2.45) is 29.4 Å². The lowest BCUT2D eigenvalue weighted by atomic mass is 9.89. The first kappa shape index (κ1) is 133. The molecule has 3 rings (SSSR count). The molecule has 1 fully saturated rings. The van der Waals surface area contributed by atoms with E-state index in [0.29, 0.717) is 76.6 Å². The van der Waals surface area contributed by atoms with E-state index in [9.17, 15) is 57.8 Å². The number of nitrogens with two attached hydrogens (primary N) is 1. The van der Waals surface area contributed by atoms with E-state index in [-0.39, 0.29) is 205 Å². The van der Waals surface area contributed by atoms with E-state index in [2.05, 4.69) is 38.9 Å². The summed E-state index contributed by atoms with van der Waals surface area (Å²) in [7, 11) is 10.4.